The molecular weight excluding hydrogens is 364 g/mol. The molecule has 0 radical (unpaired) electrons. The van der Waals surface area contributed by atoms with Crippen LogP contribution in [0.3, 0.4) is 0 Å². The van der Waals surface area contributed by atoms with E-state index in [9.17, 15) is 13.2 Å². The van der Waals surface area contributed by atoms with Gasteiger partial charge in [0, 0.05) is 5.02 Å². The molecule has 0 aliphatic rings. The lowest BCUT2D eigenvalue weighted by atomic mass is 10.2. The second-order valence-corrected chi connectivity index (χ2v) is 7.16. The van der Waals surface area contributed by atoms with Crippen LogP contribution in [0.2, 0.25) is 5.02 Å². The number of sulfonamides is 1. The zero-order valence-corrected chi connectivity index (χ0v) is 14.3. The van der Waals surface area contributed by atoms with E-state index in [1.807, 2.05) is 0 Å². The summed E-state index contributed by atoms with van der Waals surface area (Å²) < 4.78 is 32.4. The molecule has 8 heteroatoms. The molecule has 0 aliphatic heterocycles. The second-order valence-electron chi connectivity index (χ2n) is 5.04. The third-order valence-electron chi connectivity index (χ3n) is 3.27. The average molecular weight is 377 g/mol. The maximum Gasteiger partial charge on any atom is 0.291 e. The quantitative estimate of drug-likeness (QED) is 0.704. The van der Waals surface area contributed by atoms with E-state index in [2.05, 4.69) is 10.0 Å². The first kappa shape index (κ1) is 17.1. The van der Waals surface area contributed by atoms with Crippen LogP contribution < -0.4 is 10.0 Å². The Morgan fingerprint density at radius 2 is 1.72 bits per heavy atom. The molecule has 2 aromatic carbocycles. The van der Waals surface area contributed by atoms with Crippen LogP contribution in [-0.4, -0.2) is 14.3 Å². The largest absolute Gasteiger partial charge is 0.459 e. The van der Waals surface area contributed by atoms with Crippen molar-refractivity contribution in [3.8, 4) is 0 Å². The molecule has 0 unspecified atom stereocenters. The minimum absolute atomic E-state index is 0.0943. The standard InChI is InChI=1S/C17H13ClN2O4S/c18-12-8-9-14(20-25(22,23)13-5-2-1-3-6-13)15(11-12)19-17(21)16-7-4-10-24-16/h1-11,20H,(H,19,21). The first-order valence-electron chi connectivity index (χ1n) is 7.18. The van der Waals surface area contributed by atoms with Crippen molar-refractivity contribution in [2.45, 2.75) is 4.90 Å². The highest BCUT2D eigenvalue weighted by Crippen LogP contribution is 2.28. The van der Waals surface area contributed by atoms with Gasteiger partial charge in [0.2, 0.25) is 0 Å². The highest BCUT2D eigenvalue weighted by molar-refractivity contribution is 7.92. The number of benzene rings is 2. The maximum atomic E-state index is 12.5. The fourth-order valence-electron chi connectivity index (χ4n) is 2.10. The first-order valence-corrected chi connectivity index (χ1v) is 9.04. The Bertz CT molecular complexity index is 987. The molecule has 2 N–H and O–H groups in total. The van der Waals surface area contributed by atoms with Crippen molar-refractivity contribution in [2.24, 2.45) is 0 Å². The molecule has 3 aromatic rings. The Labute approximate surface area is 149 Å². The van der Waals surface area contributed by atoms with Gasteiger partial charge in [0.25, 0.3) is 15.9 Å². The molecule has 0 saturated heterocycles. The summed E-state index contributed by atoms with van der Waals surface area (Å²) in [6.07, 6.45) is 1.37. The zero-order valence-electron chi connectivity index (χ0n) is 12.8. The fourth-order valence-corrected chi connectivity index (χ4v) is 3.38. The molecule has 6 nitrogen and oxygen atoms in total. The minimum atomic E-state index is -3.81. The van der Waals surface area contributed by atoms with Crippen molar-refractivity contribution >= 4 is 38.9 Å². The van der Waals surface area contributed by atoms with Crippen LogP contribution in [-0.2, 0) is 10.0 Å². The van der Waals surface area contributed by atoms with Gasteiger partial charge in [-0.05, 0) is 42.5 Å². The fraction of sp³-hybridized carbons (Fsp3) is 0. The van der Waals surface area contributed by atoms with Gasteiger partial charge in [0.1, 0.15) is 0 Å². The summed E-state index contributed by atoms with van der Waals surface area (Å²) in [4.78, 5) is 12.3. The molecule has 0 fully saturated rings. The SMILES string of the molecule is O=C(Nc1cc(Cl)ccc1NS(=O)(=O)c1ccccc1)c1ccco1. The molecular formula is C17H13ClN2O4S. The second kappa shape index (κ2) is 7.00. The number of hydrogen-bond donors (Lipinski definition) is 2. The highest BCUT2D eigenvalue weighted by Gasteiger charge is 2.18. The predicted octanol–water partition coefficient (Wildman–Crippen LogP) is 3.99. The summed E-state index contributed by atoms with van der Waals surface area (Å²) >= 11 is 5.96. The van der Waals surface area contributed by atoms with Crippen LogP contribution >= 0.6 is 11.6 Å². The van der Waals surface area contributed by atoms with E-state index in [4.69, 9.17) is 16.0 Å². The molecule has 25 heavy (non-hydrogen) atoms. The number of amides is 1. The van der Waals surface area contributed by atoms with E-state index >= 15 is 0 Å². The molecule has 128 valence electrons. The Morgan fingerprint density at radius 3 is 2.40 bits per heavy atom. The van der Waals surface area contributed by atoms with Crippen molar-refractivity contribution in [3.63, 3.8) is 0 Å². The lowest BCUT2D eigenvalue weighted by molar-refractivity contribution is 0.0996. The van der Waals surface area contributed by atoms with Crippen LogP contribution in [0.1, 0.15) is 10.6 Å². The van der Waals surface area contributed by atoms with Gasteiger partial charge in [0.05, 0.1) is 22.5 Å². The van der Waals surface area contributed by atoms with E-state index in [0.717, 1.165) is 0 Å². The molecule has 0 bridgehead atoms. The van der Waals surface area contributed by atoms with Crippen LogP contribution in [0.5, 0.6) is 0 Å². The monoisotopic (exact) mass is 376 g/mol. The number of furan rings is 1. The van der Waals surface area contributed by atoms with Gasteiger partial charge in [-0.3, -0.25) is 9.52 Å². The Hall–Kier alpha value is -2.77. The summed E-state index contributed by atoms with van der Waals surface area (Å²) in [6, 6.07) is 15.4. The average Bonchev–Trinajstić information content (AvgIpc) is 3.13. The summed E-state index contributed by atoms with van der Waals surface area (Å²) in [6.45, 7) is 0. The number of hydrogen-bond acceptors (Lipinski definition) is 4. The number of nitrogens with one attached hydrogen (secondary N) is 2. The van der Waals surface area contributed by atoms with E-state index in [1.165, 1.54) is 42.7 Å². The van der Waals surface area contributed by atoms with Crippen molar-refractivity contribution in [3.05, 3.63) is 77.7 Å². The van der Waals surface area contributed by atoms with Gasteiger partial charge in [-0.25, -0.2) is 8.42 Å². The van der Waals surface area contributed by atoms with Crippen molar-refractivity contribution in [1.29, 1.82) is 0 Å². The van der Waals surface area contributed by atoms with Gasteiger partial charge < -0.3 is 9.73 Å². The number of halogens is 1. The van der Waals surface area contributed by atoms with Gasteiger partial charge in [-0.15, -0.1) is 0 Å². The molecule has 1 heterocycles. The Kier molecular flexibility index (Phi) is 4.78. The van der Waals surface area contributed by atoms with Crippen LogP contribution in [0.25, 0.3) is 0 Å². The summed E-state index contributed by atoms with van der Waals surface area (Å²) in [7, 11) is -3.81. The summed E-state index contributed by atoms with van der Waals surface area (Å²) in [5, 5.41) is 2.93. The molecule has 0 saturated carbocycles. The predicted molar refractivity (Wildman–Crippen MR) is 95.4 cm³/mol. The molecule has 1 aromatic heterocycles. The molecule has 0 spiro atoms. The number of carbonyl (C=O) groups is 1. The number of rotatable bonds is 5. The molecule has 1 amide bonds. The van der Waals surface area contributed by atoms with E-state index in [1.54, 1.807) is 24.3 Å². The number of carbonyl (C=O) groups excluding carboxylic acids is 1. The van der Waals surface area contributed by atoms with Gasteiger partial charge in [0.15, 0.2) is 5.76 Å². The normalized spacial score (nSPS) is 11.1. The van der Waals surface area contributed by atoms with Crippen LogP contribution in [0.4, 0.5) is 11.4 Å². The van der Waals surface area contributed by atoms with Gasteiger partial charge >= 0.3 is 0 Å². The lowest BCUT2D eigenvalue weighted by Crippen LogP contribution is -2.17. The molecule has 3 rings (SSSR count). The van der Waals surface area contributed by atoms with Crippen molar-refractivity contribution in [2.75, 3.05) is 10.0 Å². The van der Waals surface area contributed by atoms with Crippen LogP contribution in [0, 0.1) is 0 Å². The highest BCUT2D eigenvalue weighted by atomic mass is 35.5. The molecule has 0 atom stereocenters. The third-order valence-corrected chi connectivity index (χ3v) is 4.89. The van der Waals surface area contributed by atoms with Gasteiger partial charge in [-0.2, -0.15) is 0 Å². The zero-order chi connectivity index (χ0) is 17.9. The lowest BCUT2D eigenvalue weighted by Gasteiger charge is -2.13. The minimum Gasteiger partial charge on any atom is -0.459 e. The maximum absolute atomic E-state index is 12.5. The van der Waals surface area contributed by atoms with Crippen LogP contribution in [0.15, 0.2) is 76.2 Å². The van der Waals surface area contributed by atoms with Crippen molar-refractivity contribution in [1.82, 2.24) is 0 Å². The topological polar surface area (TPSA) is 88.4 Å². The van der Waals surface area contributed by atoms with E-state index in [0.29, 0.717) is 5.02 Å². The smallest absolute Gasteiger partial charge is 0.291 e. The van der Waals surface area contributed by atoms with E-state index in [-0.39, 0.29) is 22.0 Å². The molecule has 0 aliphatic carbocycles. The Balaban J connectivity index is 1.91. The van der Waals surface area contributed by atoms with E-state index < -0.39 is 15.9 Å². The third kappa shape index (κ3) is 4.01. The van der Waals surface area contributed by atoms with Crippen molar-refractivity contribution < 1.29 is 17.6 Å². The Morgan fingerprint density at radius 1 is 0.960 bits per heavy atom. The summed E-state index contributed by atoms with van der Waals surface area (Å²) in [5.41, 5.74) is 0.404. The first-order chi connectivity index (χ1) is 12.0. The summed E-state index contributed by atoms with van der Waals surface area (Å²) in [5.74, 6) is -0.427. The number of anilines is 2. The van der Waals surface area contributed by atoms with Gasteiger partial charge in [-0.1, -0.05) is 29.8 Å².